The summed E-state index contributed by atoms with van der Waals surface area (Å²) in [4.78, 5) is 77.0. The topological polar surface area (TPSA) is 226 Å². The van der Waals surface area contributed by atoms with Gasteiger partial charge >= 0.3 is 27.1 Å². The SMILES string of the molecule is COC(=O)C(O[C@@H]1CC[C@H](n2cc(C)c(=O)[nH]c2=O)C1)P(=O)(O)O.O=P(O)(O)O. The minimum Gasteiger partial charge on any atom is -0.467 e. The number of esters is 1. The van der Waals surface area contributed by atoms with E-state index < -0.39 is 44.6 Å². The van der Waals surface area contributed by atoms with Crippen molar-refractivity contribution in [2.24, 2.45) is 0 Å². The van der Waals surface area contributed by atoms with E-state index in [1.54, 1.807) is 6.92 Å². The average molecular weight is 460 g/mol. The number of ether oxygens (including phenoxy) is 2. The van der Waals surface area contributed by atoms with Crippen LogP contribution >= 0.6 is 15.4 Å². The van der Waals surface area contributed by atoms with E-state index in [2.05, 4.69) is 9.72 Å². The van der Waals surface area contributed by atoms with Gasteiger partial charge in [0.25, 0.3) is 11.4 Å². The first-order valence-corrected chi connectivity index (χ1v) is 11.3. The highest BCUT2D eigenvalue weighted by Crippen LogP contribution is 2.45. The summed E-state index contributed by atoms with van der Waals surface area (Å²) in [5.74, 6) is -3.14. The third-order valence-electron chi connectivity index (χ3n) is 3.93. The molecule has 1 fully saturated rings. The number of nitrogens with zero attached hydrogens (tertiary/aromatic N) is 1. The molecular formula is C13H22N2O12P2. The van der Waals surface area contributed by atoms with E-state index >= 15 is 0 Å². The van der Waals surface area contributed by atoms with Gasteiger partial charge in [0.05, 0.1) is 13.2 Å². The van der Waals surface area contributed by atoms with Crippen LogP contribution in [0.25, 0.3) is 0 Å². The quantitative estimate of drug-likeness (QED) is 0.223. The van der Waals surface area contributed by atoms with Gasteiger partial charge in [0.1, 0.15) is 0 Å². The molecule has 0 bridgehead atoms. The average Bonchev–Trinajstić information content (AvgIpc) is 3.01. The Bertz CT molecular complexity index is 920. The van der Waals surface area contributed by atoms with Crippen molar-refractivity contribution in [2.75, 3.05) is 7.11 Å². The van der Waals surface area contributed by atoms with E-state index in [9.17, 15) is 28.7 Å². The highest BCUT2D eigenvalue weighted by molar-refractivity contribution is 7.53. The number of phosphoric acid groups is 1. The van der Waals surface area contributed by atoms with Gasteiger partial charge in [-0.25, -0.2) is 14.2 Å². The molecule has 1 aromatic rings. The van der Waals surface area contributed by atoms with Crippen LogP contribution in [0.3, 0.4) is 0 Å². The Balaban J connectivity index is 0.000000749. The van der Waals surface area contributed by atoms with Crippen molar-refractivity contribution < 1.29 is 47.9 Å². The van der Waals surface area contributed by atoms with Crippen molar-refractivity contribution in [2.45, 2.75) is 44.2 Å². The Morgan fingerprint density at radius 2 is 1.76 bits per heavy atom. The molecule has 29 heavy (non-hydrogen) atoms. The van der Waals surface area contributed by atoms with Crippen molar-refractivity contribution in [3.8, 4) is 0 Å². The van der Waals surface area contributed by atoms with Gasteiger partial charge < -0.3 is 33.9 Å². The Kier molecular flexibility index (Phi) is 8.69. The summed E-state index contributed by atoms with van der Waals surface area (Å²) < 4.78 is 31.2. The number of aryl methyl sites for hydroxylation is 1. The largest absolute Gasteiger partial charge is 0.467 e. The van der Waals surface area contributed by atoms with Crippen LogP contribution in [0.4, 0.5) is 0 Å². The fourth-order valence-corrected chi connectivity index (χ4v) is 3.42. The van der Waals surface area contributed by atoms with Crippen LogP contribution in [0.2, 0.25) is 0 Å². The van der Waals surface area contributed by atoms with Gasteiger partial charge in [-0.1, -0.05) is 0 Å². The summed E-state index contributed by atoms with van der Waals surface area (Å²) in [5, 5.41) is 0. The van der Waals surface area contributed by atoms with E-state index in [1.165, 1.54) is 10.8 Å². The predicted molar refractivity (Wildman–Crippen MR) is 95.9 cm³/mol. The maximum absolute atomic E-state index is 11.9. The summed E-state index contributed by atoms with van der Waals surface area (Å²) in [7, 11) is -8.46. The molecule has 2 rings (SSSR count). The maximum Gasteiger partial charge on any atom is 0.466 e. The van der Waals surface area contributed by atoms with Crippen molar-refractivity contribution >= 4 is 21.4 Å². The highest BCUT2D eigenvalue weighted by Gasteiger charge is 2.41. The first-order chi connectivity index (χ1) is 13.1. The molecule has 1 unspecified atom stereocenters. The normalized spacial score (nSPS) is 20.5. The summed E-state index contributed by atoms with van der Waals surface area (Å²) in [6, 6.07) is -0.298. The molecule has 3 atom stereocenters. The minimum absolute atomic E-state index is 0.277. The smallest absolute Gasteiger partial charge is 0.466 e. The van der Waals surface area contributed by atoms with Crippen molar-refractivity contribution in [3.63, 3.8) is 0 Å². The molecule has 1 aromatic heterocycles. The number of hydrogen-bond donors (Lipinski definition) is 6. The Hall–Kier alpha value is -1.63. The second kappa shape index (κ2) is 9.92. The van der Waals surface area contributed by atoms with Gasteiger partial charge in [-0.15, -0.1) is 0 Å². The Morgan fingerprint density at radius 1 is 1.21 bits per heavy atom. The molecular weight excluding hydrogens is 438 g/mol. The second-order valence-electron chi connectivity index (χ2n) is 6.18. The van der Waals surface area contributed by atoms with E-state index in [-0.39, 0.29) is 12.5 Å². The van der Waals surface area contributed by atoms with Gasteiger partial charge in [-0.3, -0.25) is 18.9 Å². The van der Waals surface area contributed by atoms with Gasteiger partial charge in [0.2, 0.25) is 0 Å². The first kappa shape index (κ1) is 25.4. The molecule has 16 heteroatoms. The number of carbonyl (C=O) groups is 1. The molecule has 14 nitrogen and oxygen atoms in total. The first-order valence-electron chi connectivity index (χ1n) is 8.02. The van der Waals surface area contributed by atoms with E-state index in [1.807, 2.05) is 0 Å². The lowest BCUT2D eigenvalue weighted by Crippen LogP contribution is -2.33. The van der Waals surface area contributed by atoms with Crippen molar-refractivity contribution in [1.29, 1.82) is 0 Å². The molecule has 0 aliphatic heterocycles. The predicted octanol–water partition coefficient (Wildman–Crippen LogP) is -1.30. The molecule has 1 heterocycles. The number of carbonyl (C=O) groups excluding carboxylic acids is 1. The second-order valence-corrected chi connectivity index (χ2v) is 8.86. The zero-order valence-electron chi connectivity index (χ0n) is 15.4. The number of nitrogens with one attached hydrogen (secondary N) is 1. The number of methoxy groups -OCH3 is 1. The molecule has 0 radical (unpaired) electrons. The molecule has 0 amide bonds. The molecule has 1 saturated carbocycles. The lowest BCUT2D eigenvalue weighted by Gasteiger charge is -2.21. The highest BCUT2D eigenvalue weighted by atomic mass is 31.2. The lowest BCUT2D eigenvalue weighted by atomic mass is 10.2. The summed E-state index contributed by atoms with van der Waals surface area (Å²) in [6.07, 6.45) is 2.01. The molecule has 0 saturated heterocycles. The fraction of sp³-hybridized carbons (Fsp3) is 0.615. The molecule has 0 aromatic carbocycles. The van der Waals surface area contributed by atoms with Crippen LogP contribution in [0.1, 0.15) is 30.9 Å². The van der Waals surface area contributed by atoms with Crippen molar-refractivity contribution in [3.05, 3.63) is 32.6 Å². The van der Waals surface area contributed by atoms with Crippen LogP contribution in [-0.2, 0) is 23.4 Å². The third kappa shape index (κ3) is 8.33. The van der Waals surface area contributed by atoms with Crippen LogP contribution in [0, 0.1) is 6.92 Å². The van der Waals surface area contributed by atoms with Crippen LogP contribution in [0.5, 0.6) is 0 Å². The number of hydrogen-bond acceptors (Lipinski definition) is 7. The van der Waals surface area contributed by atoms with E-state index in [4.69, 9.17) is 24.0 Å². The molecule has 0 spiro atoms. The summed E-state index contributed by atoms with van der Waals surface area (Å²) in [5.41, 5.74) is -0.647. The zero-order valence-corrected chi connectivity index (χ0v) is 17.2. The molecule has 1 aliphatic carbocycles. The van der Waals surface area contributed by atoms with Gasteiger partial charge in [0, 0.05) is 17.8 Å². The molecule has 1 aliphatic rings. The van der Waals surface area contributed by atoms with E-state index in [0.29, 0.717) is 18.4 Å². The monoisotopic (exact) mass is 460 g/mol. The third-order valence-corrected chi connectivity index (χ3v) is 4.87. The number of H-pyrrole nitrogens is 1. The zero-order chi connectivity index (χ0) is 22.6. The summed E-state index contributed by atoms with van der Waals surface area (Å²) in [6.45, 7) is 1.57. The molecule has 6 N–H and O–H groups in total. The van der Waals surface area contributed by atoms with Gasteiger partial charge in [-0.2, -0.15) is 0 Å². The maximum atomic E-state index is 11.9. The minimum atomic E-state index is -4.83. The summed E-state index contributed by atoms with van der Waals surface area (Å²) >= 11 is 0. The van der Waals surface area contributed by atoms with Crippen LogP contribution < -0.4 is 11.2 Å². The van der Waals surface area contributed by atoms with E-state index in [0.717, 1.165) is 7.11 Å². The lowest BCUT2D eigenvalue weighted by molar-refractivity contribution is -0.152. The standard InChI is InChI=1S/C13H19N2O8P.H3O4P/c1-7-6-15(13(18)14-10(7)16)8-3-4-9(5-8)23-12(11(17)22-2)24(19,20)21;1-5(2,3)4/h6,8-9,12H,3-5H2,1-2H3,(H,14,16,18)(H2,19,20,21);(H3,1,2,3,4)/t8-,9+,12?;/m0./s1. The molecule has 166 valence electrons. The number of aromatic nitrogens is 2. The van der Waals surface area contributed by atoms with Crippen molar-refractivity contribution in [1.82, 2.24) is 9.55 Å². The van der Waals surface area contributed by atoms with Crippen LogP contribution in [-0.4, -0.2) is 59.0 Å². The Labute approximate surface area is 163 Å². The Morgan fingerprint density at radius 3 is 2.24 bits per heavy atom. The van der Waals surface area contributed by atoms with Gasteiger partial charge in [0.15, 0.2) is 0 Å². The fourth-order valence-electron chi connectivity index (χ4n) is 2.71. The van der Waals surface area contributed by atoms with Crippen LogP contribution in [0.15, 0.2) is 15.8 Å². The number of rotatable bonds is 5. The number of aromatic amines is 1. The van der Waals surface area contributed by atoms with Gasteiger partial charge in [-0.05, 0) is 26.2 Å².